The van der Waals surface area contributed by atoms with E-state index in [9.17, 15) is 29.1 Å². The van der Waals surface area contributed by atoms with Crippen molar-refractivity contribution >= 4 is 29.5 Å². The summed E-state index contributed by atoms with van der Waals surface area (Å²) in [7, 11) is 1.42. The molecule has 3 N–H and O–H groups in total. The molecule has 0 spiro atoms. The molecule has 1 rings (SSSR count). The monoisotopic (exact) mass is 577 g/mol. The Morgan fingerprint density at radius 3 is 2.05 bits per heavy atom. The van der Waals surface area contributed by atoms with E-state index in [2.05, 4.69) is 24.1 Å². The summed E-state index contributed by atoms with van der Waals surface area (Å²) in [5.41, 5.74) is -2.37. The molecule has 0 aromatic rings. The van der Waals surface area contributed by atoms with Crippen LogP contribution >= 0.6 is 0 Å². The largest absolute Gasteiger partial charge is 0.460 e. The van der Waals surface area contributed by atoms with Crippen LogP contribution in [0, 0.1) is 5.92 Å². The molecule has 0 aromatic carbocycles. The Morgan fingerprint density at radius 1 is 0.951 bits per heavy atom. The quantitative estimate of drug-likeness (QED) is 0.172. The number of hydrogen-bond donors (Lipinski definition) is 3. The molecule has 3 atom stereocenters. The molecule has 0 saturated heterocycles. The molecule has 0 aliphatic carbocycles. The number of hydrogen-bond acceptors (Lipinski definition) is 7. The second-order valence-electron chi connectivity index (χ2n) is 11.2. The van der Waals surface area contributed by atoms with E-state index < -0.39 is 53.6 Å². The molecule has 3 amide bonds. The van der Waals surface area contributed by atoms with Crippen LogP contribution in [0.25, 0.3) is 0 Å². The topological polar surface area (TPSA) is 142 Å². The number of aliphatic hydroxyl groups is 1. The lowest BCUT2D eigenvalue weighted by atomic mass is 9.85. The van der Waals surface area contributed by atoms with E-state index in [1.165, 1.54) is 71.4 Å². The number of likely N-dealkylation sites (N-methyl/N-ethyl adjacent to an activating group) is 1. The minimum atomic E-state index is -2.45. The number of Topliss-reactive ketones (excluding diaryl/α,β-unsaturated/α-hetero) is 1. The maximum Gasteiger partial charge on any atom is 0.325 e. The molecule has 10 nitrogen and oxygen atoms in total. The number of carbonyl (C=O) groups excluding carboxylic acids is 5. The minimum absolute atomic E-state index is 0.0804. The number of ketones is 1. The van der Waals surface area contributed by atoms with Gasteiger partial charge in [0, 0.05) is 18.8 Å². The molecule has 0 bridgehead atoms. The third-order valence-corrected chi connectivity index (χ3v) is 7.40. The lowest BCUT2D eigenvalue weighted by Crippen LogP contribution is -2.55. The van der Waals surface area contributed by atoms with Crippen molar-refractivity contribution < 1.29 is 33.8 Å². The van der Waals surface area contributed by atoms with Gasteiger partial charge in [0.2, 0.25) is 11.8 Å². The van der Waals surface area contributed by atoms with Gasteiger partial charge in [-0.05, 0) is 25.8 Å². The molecular weight excluding hydrogens is 526 g/mol. The van der Waals surface area contributed by atoms with Crippen LogP contribution in [0.15, 0.2) is 24.4 Å². The number of nitrogens with one attached hydrogen (secondary N) is 2. The van der Waals surface area contributed by atoms with E-state index in [0.29, 0.717) is 12.8 Å². The highest BCUT2D eigenvalue weighted by molar-refractivity contribution is 6.10. The number of carbonyl (C=O) groups is 5. The smallest absolute Gasteiger partial charge is 0.325 e. The van der Waals surface area contributed by atoms with Crippen LogP contribution in [0.3, 0.4) is 0 Å². The molecule has 0 fully saturated rings. The first-order valence-corrected chi connectivity index (χ1v) is 15.1. The predicted molar refractivity (Wildman–Crippen MR) is 157 cm³/mol. The van der Waals surface area contributed by atoms with E-state index in [4.69, 9.17) is 4.74 Å². The highest BCUT2D eigenvalue weighted by Gasteiger charge is 2.44. The van der Waals surface area contributed by atoms with Gasteiger partial charge in [-0.3, -0.25) is 24.0 Å². The summed E-state index contributed by atoms with van der Waals surface area (Å²) in [6.07, 6.45) is 15.8. The summed E-state index contributed by atoms with van der Waals surface area (Å²) < 4.78 is 5.64. The molecular formula is C31H51N3O7. The Labute approximate surface area is 245 Å². The average molecular weight is 578 g/mol. The molecule has 41 heavy (non-hydrogen) atoms. The second kappa shape index (κ2) is 19.2. The first-order valence-electron chi connectivity index (χ1n) is 15.1. The van der Waals surface area contributed by atoms with Crippen molar-refractivity contribution in [2.75, 3.05) is 20.1 Å². The molecule has 0 saturated carbocycles. The lowest BCUT2D eigenvalue weighted by molar-refractivity contribution is -0.162. The van der Waals surface area contributed by atoms with Gasteiger partial charge in [0.1, 0.15) is 12.6 Å². The van der Waals surface area contributed by atoms with Gasteiger partial charge < -0.3 is 25.4 Å². The van der Waals surface area contributed by atoms with E-state index in [1.54, 1.807) is 0 Å². The van der Waals surface area contributed by atoms with Crippen LogP contribution in [0.1, 0.15) is 104 Å². The fourth-order valence-corrected chi connectivity index (χ4v) is 4.70. The van der Waals surface area contributed by atoms with Gasteiger partial charge in [-0.2, -0.15) is 0 Å². The maximum atomic E-state index is 13.2. The lowest BCUT2D eigenvalue weighted by Gasteiger charge is -2.29. The molecule has 1 heterocycles. The summed E-state index contributed by atoms with van der Waals surface area (Å²) >= 11 is 0. The first-order chi connectivity index (χ1) is 19.4. The summed E-state index contributed by atoms with van der Waals surface area (Å²) in [6.45, 7) is 7.51. The van der Waals surface area contributed by atoms with Gasteiger partial charge in [0.05, 0.1) is 12.5 Å². The van der Waals surface area contributed by atoms with Crippen molar-refractivity contribution in [1.29, 1.82) is 0 Å². The fourth-order valence-electron chi connectivity index (χ4n) is 4.70. The molecule has 1 aliphatic rings. The number of rotatable bonds is 13. The van der Waals surface area contributed by atoms with E-state index >= 15 is 0 Å². The van der Waals surface area contributed by atoms with Gasteiger partial charge in [-0.25, -0.2) is 0 Å². The number of ether oxygens (including phenoxy) is 1. The maximum absolute atomic E-state index is 13.2. The zero-order chi connectivity index (χ0) is 30.8. The van der Waals surface area contributed by atoms with Gasteiger partial charge in [-0.15, -0.1) is 0 Å². The highest BCUT2D eigenvalue weighted by atomic mass is 16.5. The molecule has 0 aromatic heterocycles. The number of cyclic esters (lactones) is 1. The SMILES string of the molecule is C=C1/C=C\C(=O)N(C)CC(=O)O[C@@H](CCCCCCCCCCCCCC)[C@H](C)C(=O)[C@](C)(O)C(=O)NCC(=O)N1. The van der Waals surface area contributed by atoms with Gasteiger partial charge in [0.25, 0.3) is 5.91 Å². The Hall–Kier alpha value is -3.01. The highest BCUT2D eigenvalue weighted by Crippen LogP contribution is 2.23. The fraction of sp³-hybridized carbons (Fsp3) is 0.710. The Kier molecular flexibility index (Phi) is 16.8. The van der Waals surface area contributed by atoms with Crippen LogP contribution in [-0.2, 0) is 28.7 Å². The molecule has 0 unspecified atom stereocenters. The van der Waals surface area contributed by atoms with Crippen LogP contribution in [0.4, 0.5) is 0 Å². The van der Waals surface area contributed by atoms with Crippen molar-refractivity contribution in [1.82, 2.24) is 15.5 Å². The van der Waals surface area contributed by atoms with E-state index in [-0.39, 0.29) is 12.2 Å². The molecule has 1 aliphatic heterocycles. The van der Waals surface area contributed by atoms with Gasteiger partial charge >= 0.3 is 5.97 Å². The Balaban J connectivity index is 2.81. The first kappa shape index (κ1) is 36.0. The standard InChI is InChI=1S/C31H51N3O7/c1-6-7-8-9-10-11-12-13-14-15-16-17-18-25-24(3)29(38)31(4,40)30(39)32-21-26(35)33-23(2)19-20-27(36)34(5)22-28(37)41-25/h19-20,24-25,40H,2,6-18,21-22H2,1,3-5H3,(H,32,39)(H,33,35)/b20-19-/t24-,25-,31-/m0/s1. The number of esters is 1. The predicted octanol–water partition coefficient (Wildman–Crippen LogP) is 3.72. The zero-order valence-corrected chi connectivity index (χ0v) is 25.5. The van der Waals surface area contributed by atoms with Crippen LogP contribution in [-0.4, -0.2) is 71.3 Å². The zero-order valence-electron chi connectivity index (χ0n) is 25.5. The number of amides is 3. The number of unbranched alkanes of at least 4 members (excludes halogenated alkanes) is 11. The molecule has 0 radical (unpaired) electrons. The second-order valence-corrected chi connectivity index (χ2v) is 11.2. The van der Waals surface area contributed by atoms with Gasteiger partial charge in [-0.1, -0.05) is 91.1 Å². The van der Waals surface area contributed by atoms with Crippen molar-refractivity contribution in [3.8, 4) is 0 Å². The Morgan fingerprint density at radius 2 is 1.49 bits per heavy atom. The van der Waals surface area contributed by atoms with E-state index in [0.717, 1.165) is 37.2 Å². The molecule has 10 heteroatoms. The van der Waals surface area contributed by atoms with Crippen LogP contribution in [0.5, 0.6) is 0 Å². The third kappa shape index (κ3) is 13.9. The summed E-state index contributed by atoms with van der Waals surface area (Å²) in [5, 5.41) is 15.4. The van der Waals surface area contributed by atoms with Crippen molar-refractivity contribution in [2.45, 2.75) is 116 Å². The summed E-state index contributed by atoms with van der Waals surface area (Å²) in [4.78, 5) is 64.3. The van der Waals surface area contributed by atoms with Crippen molar-refractivity contribution in [3.63, 3.8) is 0 Å². The van der Waals surface area contributed by atoms with Crippen molar-refractivity contribution in [2.24, 2.45) is 5.92 Å². The van der Waals surface area contributed by atoms with Crippen LogP contribution < -0.4 is 10.6 Å². The average Bonchev–Trinajstić information content (AvgIpc) is 2.92. The van der Waals surface area contributed by atoms with E-state index in [1.807, 2.05) is 0 Å². The number of nitrogens with zero attached hydrogens (tertiary/aromatic N) is 1. The summed E-state index contributed by atoms with van der Waals surface area (Å²) in [6, 6.07) is 0. The van der Waals surface area contributed by atoms with Crippen molar-refractivity contribution in [3.05, 3.63) is 24.4 Å². The molecule has 232 valence electrons. The third-order valence-electron chi connectivity index (χ3n) is 7.40. The minimum Gasteiger partial charge on any atom is -0.460 e. The normalized spacial score (nSPS) is 24.5. The summed E-state index contributed by atoms with van der Waals surface area (Å²) in [5.74, 6) is -4.75. The Bertz CT molecular complexity index is 929. The van der Waals surface area contributed by atoms with Crippen LogP contribution in [0.2, 0.25) is 0 Å². The van der Waals surface area contributed by atoms with Gasteiger partial charge in [0.15, 0.2) is 11.4 Å². The number of allylic oxidation sites excluding steroid dienone is 1.